The van der Waals surface area contributed by atoms with Crippen molar-refractivity contribution in [2.24, 2.45) is 0 Å². The molecular weight excluding hydrogens is 222 g/mol. The quantitative estimate of drug-likeness (QED) is 0.827. The average molecular weight is 234 g/mol. The number of hydrogen-bond donors (Lipinski definition) is 1. The normalized spacial score (nSPS) is 10.1. The highest BCUT2D eigenvalue weighted by molar-refractivity contribution is 6.17. The molecule has 0 saturated carbocycles. The van der Waals surface area contributed by atoms with Gasteiger partial charge in [0.2, 0.25) is 0 Å². The molecule has 0 aliphatic rings. The van der Waals surface area contributed by atoms with Crippen molar-refractivity contribution in [3.63, 3.8) is 0 Å². The maximum absolute atomic E-state index is 5.72. The zero-order chi connectivity index (χ0) is 11.4. The predicted octanol–water partition coefficient (Wildman–Crippen LogP) is 3.27. The zero-order valence-corrected chi connectivity index (χ0v) is 9.70. The van der Waals surface area contributed by atoms with E-state index in [1.807, 2.05) is 37.3 Å². The molecule has 2 aromatic rings. The number of nitrogens with one attached hydrogen (secondary N) is 1. The van der Waals surface area contributed by atoms with Gasteiger partial charge in [-0.3, -0.25) is 0 Å². The Kier molecular flexibility index (Phi) is 3.37. The summed E-state index contributed by atoms with van der Waals surface area (Å²) in [6.07, 6.45) is 1.73. The van der Waals surface area contributed by atoms with Crippen LogP contribution in [0.4, 0.5) is 11.5 Å². The Labute approximate surface area is 99.5 Å². The maximum atomic E-state index is 5.72. The first-order valence-electron chi connectivity index (χ1n) is 4.99. The van der Waals surface area contributed by atoms with Gasteiger partial charge in [0, 0.05) is 17.8 Å². The van der Waals surface area contributed by atoms with E-state index in [1.54, 1.807) is 6.20 Å². The van der Waals surface area contributed by atoms with E-state index in [1.165, 1.54) is 0 Å². The minimum Gasteiger partial charge on any atom is -0.340 e. The van der Waals surface area contributed by atoms with Crippen LogP contribution in [0.5, 0.6) is 0 Å². The van der Waals surface area contributed by atoms with Gasteiger partial charge in [0.15, 0.2) is 0 Å². The molecule has 82 valence electrons. The Hall–Kier alpha value is -1.61. The Balaban J connectivity index is 2.14. The van der Waals surface area contributed by atoms with Crippen LogP contribution in [0.2, 0.25) is 0 Å². The predicted molar refractivity (Wildman–Crippen MR) is 66.1 cm³/mol. The lowest BCUT2D eigenvalue weighted by Crippen LogP contribution is -1.96. The highest BCUT2D eigenvalue weighted by Gasteiger charge is 1.97. The lowest BCUT2D eigenvalue weighted by molar-refractivity contribution is 1.06. The lowest BCUT2D eigenvalue weighted by Gasteiger charge is -2.06. The molecule has 4 heteroatoms. The van der Waals surface area contributed by atoms with Gasteiger partial charge in [0.05, 0.1) is 0 Å². The van der Waals surface area contributed by atoms with Gasteiger partial charge in [-0.15, -0.1) is 11.6 Å². The summed E-state index contributed by atoms with van der Waals surface area (Å²) < 4.78 is 0. The second-order valence-electron chi connectivity index (χ2n) is 3.44. The molecule has 0 bridgehead atoms. The molecule has 0 amide bonds. The number of alkyl halides is 1. The van der Waals surface area contributed by atoms with Crippen molar-refractivity contribution in [2.45, 2.75) is 12.8 Å². The average Bonchev–Trinajstić information content (AvgIpc) is 2.30. The van der Waals surface area contributed by atoms with Gasteiger partial charge in [-0.1, -0.05) is 12.1 Å². The van der Waals surface area contributed by atoms with Crippen LogP contribution in [-0.2, 0) is 5.88 Å². The molecule has 16 heavy (non-hydrogen) atoms. The Bertz CT molecular complexity index is 468. The van der Waals surface area contributed by atoms with Crippen LogP contribution in [0.15, 0.2) is 36.5 Å². The molecule has 1 aromatic heterocycles. The summed E-state index contributed by atoms with van der Waals surface area (Å²) in [5.41, 5.74) is 2.10. The summed E-state index contributed by atoms with van der Waals surface area (Å²) in [5, 5.41) is 3.20. The van der Waals surface area contributed by atoms with Crippen molar-refractivity contribution in [1.29, 1.82) is 0 Å². The standard InChI is InChI=1S/C12H12ClN3/c1-9-14-7-6-12(15-9)16-11-4-2-10(8-13)3-5-11/h2-7H,8H2,1H3,(H,14,15,16). The number of hydrogen-bond acceptors (Lipinski definition) is 3. The van der Waals surface area contributed by atoms with Crippen molar-refractivity contribution in [3.8, 4) is 0 Å². The first kappa shape index (κ1) is 10.9. The number of rotatable bonds is 3. The van der Waals surface area contributed by atoms with Crippen LogP contribution in [0.3, 0.4) is 0 Å². The molecule has 3 nitrogen and oxygen atoms in total. The van der Waals surface area contributed by atoms with Crippen LogP contribution < -0.4 is 5.32 Å². The van der Waals surface area contributed by atoms with Gasteiger partial charge in [0.25, 0.3) is 0 Å². The van der Waals surface area contributed by atoms with Gasteiger partial charge in [-0.05, 0) is 30.7 Å². The van der Waals surface area contributed by atoms with E-state index in [9.17, 15) is 0 Å². The van der Waals surface area contributed by atoms with E-state index in [0.29, 0.717) is 5.88 Å². The van der Waals surface area contributed by atoms with Gasteiger partial charge < -0.3 is 5.32 Å². The fourth-order valence-electron chi connectivity index (χ4n) is 1.35. The maximum Gasteiger partial charge on any atom is 0.134 e. The lowest BCUT2D eigenvalue weighted by atomic mass is 10.2. The van der Waals surface area contributed by atoms with Gasteiger partial charge in [-0.25, -0.2) is 9.97 Å². The number of aryl methyl sites for hydroxylation is 1. The molecular formula is C12H12ClN3. The molecule has 0 unspecified atom stereocenters. The molecule has 0 spiro atoms. The molecule has 1 aromatic carbocycles. The Morgan fingerprint density at radius 3 is 2.56 bits per heavy atom. The monoisotopic (exact) mass is 233 g/mol. The Morgan fingerprint density at radius 1 is 1.19 bits per heavy atom. The van der Waals surface area contributed by atoms with Crippen LogP contribution in [0.1, 0.15) is 11.4 Å². The minimum absolute atomic E-state index is 0.535. The van der Waals surface area contributed by atoms with Gasteiger partial charge in [-0.2, -0.15) is 0 Å². The summed E-state index contributed by atoms with van der Waals surface area (Å²) in [5.74, 6) is 2.08. The summed E-state index contributed by atoms with van der Waals surface area (Å²) >= 11 is 5.72. The van der Waals surface area contributed by atoms with Crippen molar-refractivity contribution in [3.05, 3.63) is 47.9 Å². The Morgan fingerprint density at radius 2 is 1.94 bits per heavy atom. The second kappa shape index (κ2) is 4.94. The minimum atomic E-state index is 0.535. The number of halogens is 1. The highest BCUT2D eigenvalue weighted by atomic mass is 35.5. The summed E-state index contributed by atoms with van der Waals surface area (Å²) in [4.78, 5) is 8.30. The largest absolute Gasteiger partial charge is 0.340 e. The summed E-state index contributed by atoms with van der Waals surface area (Å²) in [6.45, 7) is 1.86. The molecule has 0 atom stereocenters. The van der Waals surface area contributed by atoms with E-state index in [4.69, 9.17) is 11.6 Å². The third-order valence-corrected chi connectivity index (χ3v) is 2.47. The first-order chi connectivity index (χ1) is 7.78. The SMILES string of the molecule is Cc1nccc(Nc2ccc(CCl)cc2)n1. The van der Waals surface area contributed by atoms with E-state index in [2.05, 4.69) is 15.3 Å². The molecule has 2 rings (SSSR count). The fraction of sp³-hybridized carbons (Fsp3) is 0.167. The van der Waals surface area contributed by atoms with Crippen molar-refractivity contribution in [1.82, 2.24) is 9.97 Å². The molecule has 0 aliphatic carbocycles. The summed E-state index contributed by atoms with van der Waals surface area (Å²) in [6, 6.07) is 9.78. The van der Waals surface area contributed by atoms with Gasteiger partial charge in [0.1, 0.15) is 11.6 Å². The number of benzene rings is 1. The van der Waals surface area contributed by atoms with Crippen molar-refractivity contribution >= 4 is 23.1 Å². The number of nitrogens with zero attached hydrogens (tertiary/aromatic N) is 2. The molecule has 0 radical (unpaired) electrons. The van der Waals surface area contributed by atoms with E-state index in [0.717, 1.165) is 22.9 Å². The zero-order valence-electron chi connectivity index (χ0n) is 8.94. The molecule has 1 heterocycles. The van der Waals surface area contributed by atoms with Crippen LogP contribution in [0.25, 0.3) is 0 Å². The van der Waals surface area contributed by atoms with Crippen LogP contribution in [0, 0.1) is 6.92 Å². The van der Waals surface area contributed by atoms with E-state index in [-0.39, 0.29) is 0 Å². The van der Waals surface area contributed by atoms with Crippen LogP contribution >= 0.6 is 11.6 Å². The van der Waals surface area contributed by atoms with Crippen LogP contribution in [-0.4, -0.2) is 9.97 Å². The number of aromatic nitrogens is 2. The third-order valence-electron chi connectivity index (χ3n) is 2.16. The second-order valence-corrected chi connectivity index (χ2v) is 3.71. The van der Waals surface area contributed by atoms with E-state index < -0.39 is 0 Å². The van der Waals surface area contributed by atoms with Gasteiger partial charge >= 0.3 is 0 Å². The molecule has 0 fully saturated rings. The first-order valence-corrected chi connectivity index (χ1v) is 5.53. The number of anilines is 2. The third kappa shape index (κ3) is 2.70. The molecule has 0 aliphatic heterocycles. The van der Waals surface area contributed by atoms with Crippen molar-refractivity contribution in [2.75, 3.05) is 5.32 Å². The highest BCUT2D eigenvalue weighted by Crippen LogP contribution is 2.15. The topological polar surface area (TPSA) is 37.8 Å². The molecule has 0 saturated heterocycles. The molecule has 1 N–H and O–H groups in total. The summed E-state index contributed by atoms with van der Waals surface area (Å²) in [7, 11) is 0. The van der Waals surface area contributed by atoms with E-state index >= 15 is 0 Å². The van der Waals surface area contributed by atoms with Crippen molar-refractivity contribution < 1.29 is 0 Å². The smallest absolute Gasteiger partial charge is 0.134 e. The fourth-order valence-corrected chi connectivity index (χ4v) is 1.53.